The summed E-state index contributed by atoms with van der Waals surface area (Å²) in [6, 6.07) is 8.23. The van der Waals surface area contributed by atoms with Gasteiger partial charge in [-0.3, -0.25) is 4.99 Å². The molecule has 7 heteroatoms. The number of hydrogen-bond acceptors (Lipinski definition) is 3. The molecule has 0 atom stereocenters. The molecule has 2 heterocycles. The third-order valence-corrected chi connectivity index (χ3v) is 5.52. The minimum Gasteiger partial charge on any atom is -0.349 e. The summed E-state index contributed by atoms with van der Waals surface area (Å²) in [5, 5.41) is 3.48. The van der Waals surface area contributed by atoms with E-state index < -0.39 is 0 Å². The van der Waals surface area contributed by atoms with E-state index >= 15 is 0 Å². The number of thioether (sulfide) groups is 1. The Labute approximate surface area is 165 Å². The highest BCUT2D eigenvalue weighted by atomic mass is 127. The van der Waals surface area contributed by atoms with E-state index in [1.807, 2.05) is 30.9 Å². The maximum absolute atomic E-state index is 4.72. The quantitative estimate of drug-likeness (QED) is 0.426. The van der Waals surface area contributed by atoms with Gasteiger partial charge in [0.05, 0.1) is 17.6 Å². The lowest BCUT2D eigenvalue weighted by Gasteiger charge is -2.39. The highest BCUT2D eigenvalue weighted by Crippen LogP contribution is 2.29. The largest absolute Gasteiger partial charge is 0.349 e. The van der Waals surface area contributed by atoms with Crippen molar-refractivity contribution in [2.75, 3.05) is 25.9 Å². The summed E-state index contributed by atoms with van der Waals surface area (Å²) in [7, 11) is 3.92. The summed E-state index contributed by atoms with van der Waals surface area (Å²) >= 11 is 2.03. The lowest BCUT2D eigenvalue weighted by molar-refractivity contribution is 0.375. The number of nitrogens with one attached hydrogen (secondary N) is 1. The zero-order valence-corrected chi connectivity index (χ0v) is 17.9. The Kier molecular flexibility index (Phi) is 6.41. The van der Waals surface area contributed by atoms with Gasteiger partial charge in [0.1, 0.15) is 5.82 Å². The third kappa shape index (κ3) is 4.17. The zero-order valence-electron chi connectivity index (χ0n) is 14.7. The lowest BCUT2D eigenvalue weighted by Crippen LogP contribution is -2.50. The van der Waals surface area contributed by atoms with Crippen molar-refractivity contribution in [2.45, 2.75) is 25.1 Å². The van der Waals surface area contributed by atoms with Gasteiger partial charge in [-0.2, -0.15) is 11.8 Å². The van der Waals surface area contributed by atoms with Crippen LogP contribution in [0.25, 0.3) is 11.0 Å². The number of guanidine groups is 1. The molecule has 1 aliphatic heterocycles. The molecule has 1 aromatic carbocycles. The summed E-state index contributed by atoms with van der Waals surface area (Å²) in [6.07, 6.45) is 0. The molecule has 0 radical (unpaired) electrons. The van der Waals surface area contributed by atoms with Crippen molar-refractivity contribution < 1.29 is 0 Å². The Morgan fingerprint density at radius 1 is 1.38 bits per heavy atom. The molecule has 5 nitrogen and oxygen atoms in total. The van der Waals surface area contributed by atoms with Crippen molar-refractivity contribution in [3.8, 4) is 0 Å². The standard InChI is InChI=1S/C17H25N5S.HI/c1-17(2)12-22(9-10-23-17)16(18-3)19-11-15-20-13-7-5-6-8-14(13)21(15)4;/h5-8H,9-12H2,1-4H3,(H,18,19);1H. The molecule has 24 heavy (non-hydrogen) atoms. The van der Waals surface area contributed by atoms with E-state index in [2.05, 4.69) is 52.8 Å². The van der Waals surface area contributed by atoms with E-state index in [9.17, 15) is 0 Å². The Morgan fingerprint density at radius 2 is 2.12 bits per heavy atom. The maximum Gasteiger partial charge on any atom is 0.194 e. The molecule has 2 aromatic rings. The number of fused-ring (bicyclic) bond motifs is 1. The molecule has 1 saturated heterocycles. The van der Waals surface area contributed by atoms with Crippen LogP contribution in [0.2, 0.25) is 0 Å². The van der Waals surface area contributed by atoms with Gasteiger partial charge in [-0.05, 0) is 26.0 Å². The minimum atomic E-state index is 0. The van der Waals surface area contributed by atoms with Crippen LogP contribution in [-0.2, 0) is 13.6 Å². The SMILES string of the molecule is CN=C(NCc1nc2ccccc2n1C)N1CCSC(C)(C)C1.I. The van der Waals surface area contributed by atoms with Crippen molar-refractivity contribution in [1.29, 1.82) is 0 Å². The number of aliphatic imine (C=N–C) groups is 1. The summed E-state index contributed by atoms with van der Waals surface area (Å²) in [6.45, 7) is 7.32. The molecule has 1 aromatic heterocycles. The second-order valence-electron chi connectivity index (χ2n) is 6.51. The predicted octanol–water partition coefficient (Wildman–Crippen LogP) is 3.09. The molecule has 0 spiro atoms. The molecule has 0 amide bonds. The van der Waals surface area contributed by atoms with Gasteiger partial charge in [0.2, 0.25) is 0 Å². The fourth-order valence-electron chi connectivity index (χ4n) is 3.04. The monoisotopic (exact) mass is 459 g/mol. The van der Waals surface area contributed by atoms with Crippen molar-refractivity contribution in [3.05, 3.63) is 30.1 Å². The Morgan fingerprint density at radius 3 is 2.79 bits per heavy atom. The van der Waals surface area contributed by atoms with Gasteiger partial charge in [0.15, 0.2) is 5.96 Å². The van der Waals surface area contributed by atoms with E-state index in [1.165, 1.54) is 0 Å². The minimum absolute atomic E-state index is 0. The lowest BCUT2D eigenvalue weighted by atomic mass is 10.2. The van der Waals surface area contributed by atoms with Gasteiger partial charge in [0, 0.05) is 37.7 Å². The van der Waals surface area contributed by atoms with Gasteiger partial charge in [0.25, 0.3) is 0 Å². The first kappa shape index (κ1) is 19.4. The number of para-hydroxylation sites is 2. The van der Waals surface area contributed by atoms with Crippen molar-refractivity contribution in [2.24, 2.45) is 12.0 Å². The second kappa shape index (κ2) is 7.95. The number of nitrogens with zero attached hydrogens (tertiary/aromatic N) is 4. The van der Waals surface area contributed by atoms with Crippen LogP contribution in [0.15, 0.2) is 29.3 Å². The van der Waals surface area contributed by atoms with Crippen LogP contribution in [0.1, 0.15) is 19.7 Å². The second-order valence-corrected chi connectivity index (χ2v) is 8.31. The fourth-order valence-corrected chi connectivity index (χ4v) is 4.15. The molecule has 3 rings (SSSR count). The number of hydrogen-bond donors (Lipinski definition) is 1. The molecule has 0 aliphatic carbocycles. The van der Waals surface area contributed by atoms with Gasteiger partial charge in [-0.15, -0.1) is 24.0 Å². The number of rotatable bonds is 2. The van der Waals surface area contributed by atoms with Gasteiger partial charge in [-0.25, -0.2) is 4.98 Å². The van der Waals surface area contributed by atoms with E-state index in [-0.39, 0.29) is 28.7 Å². The first-order valence-corrected chi connectivity index (χ1v) is 8.98. The van der Waals surface area contributed by atoms with Crippen LogP contribution in [0.4, 0.5) is 0 Å². The van der Waals surface area contributed by atoms with E-state index in [0.29, 0.717) is 6.54 Å². The molecule has 1 aliphatic rings. The first-order chi connectivity index (χ1) is 11.0. The van der Waals surface area contributed by atoms with Gasteiger partial charge in [-0.1, -0.05) is 12.1 Å². The van der Waals surface area contributed by atoms with E-state index in [1.54, 1.807) is 0 Å². The Bertz CT molecular complexity index is 725. The molecular formula is C17H26IN5S. The van der Waals surface area contributed by atoms with Crippen LogP contribution in [0.5, 0.6) is 0 Å². The summed E-state index contributed by atoms with van der Waals surface area (Å²) < 4.78 is 2.42. The number of aromatic nitrogens is 2. The van der Waals surface area contributed by atoms with E-state index in [4.69, 9.17) is 4.98 Å². The summed E-state index contributed by atoms with van der Waals surface area (Å²) in [4.78, 5) is 11.5. The van der Waals surface area contributed by atoms with E-state index in [0.717, 1.165) is 41.7 Å². The zero-order chi connectivity index (χ0) is 16.4. The molecule has 1 fully saturated rings. The topological polar surface area (TPSA) is 45.5 Å². The van der Waals surface area contributed by atoms with Crippen LogP contribution < -0.4 is 5.32 Å². The Balaban J connectivity index is 0.00000208. The maximum atomic E-state index is 4.72. The number of halogens is 1. The molecular weight excluding hydrogens is 433 g/mol. The molecule has 0 unspecified atom stereocenters. The molecule has 1 N–H and O–H groups in total. The van der Waals surface area contributed by atoms with Crippen molar-refractivity contribution in [3.63, 3.8) is 0 Å². The Hall–Kier alpha value is -0.960. The third-order valence-electron chi connectivity index (χ3n) is 4.22. The fraction of sp³-hybridized carbons (Fsp3) is 0.529. The molecule has 0 saturated carbocycles. The first-order valence-electron chi connectivity index (χ1n) is 8.00. The molecule has 132 valence electrons. The smallest absolute Gasteiger partial charge is 0.194 e. The number of imidazole rings is 1. The van der Waals surface area contributed by atoms with Crippen molar-refractivity contribution >= 4 is 52.7 Å². The normalized spacial score (nSPS) is 17.7. The van der Waals surface area contributed by atoms with Crippen molar-refractivity contribution in [1.82, 2.24) is 19.8 Å². The summed E-state index contributed by atoms with van der Waals surface area (Å²) in [5.74, 6) is 3.13. The average molecular weight is 459 g/mol. The van der Waals surface area contributed by atoms with Crippen LogP contribution in [0, 0.1) is 0 Å². The number of aryl methyl sites for hydroxylation is 1. The predicted molar refractivity (Wildman–Crippen MR) is 114 cm³/mol. The average Bonchev–Trinajstić information content (AvgIpc) is 2.84. The molecule has 0 bridgehead atoms. The van der Waals surface area contributed by atoms with Crippen LogP contribution in [0.3, 0.4) is 0 Å². The van der Waals surface area contributed by atoms with Gasteiger partial charge >= 0.3 is 0 Å². The number of benzene rings is 1. The van der Waals surface area contributed by atoms with Crippen LogP contribution in [-0.4, -0.2) is 51.0 Å². The summed E-state index contributed by atoms with van der Waals surface area (Å²) in [5.41, 5.74) is 2.20. The highest BCUT2D eigenvalue weighted by molar-refractivity contribution is 14.0. The van der Waals surface area contributed by atoms with Crippen LogP contribution >= 0.6 is 35.7 Å². The highest BCUT2D eigenvalue weighted by Gasteiger charge is 2.28. The van der Waals surface area contributed by atoms with Gasteiger partial charge < -0.3 is 14.8 Å².